The van der Waals surface area contributed by atoms with E-state index in [0.717, 1.165) is 25.0 Å². The fourth-order valence-corrected chi connectivity index (χ4v) is 2.40. The van der Waals surface area contributed by atoms with E-state index in [4.69, 9.17) is 0 Å². The Balaban J connectivity index is 2.06. The van der Waals surface area contributed by atoms with Crippen LogP contribution in [-0.4, -0.2) is 35.2 Å². The molecule has 1 aromatic rings. The number of benzene rings is 1. The van der Waals surface area contributed by atoms with Gasteiger partial charge in [-0.25, -0.2) is 18.0 Å². The van der Waals surface area contributed by atoms with E-state index in [1.54, 1.807) is 6.92 Å². The molecular weight excluding hydrogens is 285 g/mol. The lowest BCUT2D eigenvalue weighted by Gasteiger charge is -2.34. The summed E-state index contributed by atoms with van der Waals surface area (Å²) in [5, 5.41) is 11.8. The van der Waals surface area contributed by atoms with Crippen molar-refractivity contribution in [2.24, 2.45) is 5.92 Å². The van der Waals surface area contributed by atoms with Crippen molar-refractivity contribution in [3.63, 3.8) is 0 Å². The molecule has 0 spiro atoms. The second-order valence-corrected chi connectivity index (χ2v) is 5.24. The number of rotatable bonds is 2. The average Bonchev–Trinajstić information content (AvgIpc) is 2.48. The predicted octanol–water partition coefficient (Wildman–Crippen LogP) is 2.73. The van der Waals surface area contributed by atoms with Crippen LogP contribution in [-0.2, 0) is 0 Å². The minimum Gasteiger partial charge on any atom is -0.393 e. The van der Waals surface area contributed by atoms with Gasteiger partial charge in [0.25, 0.3) is 0 Å². The van der Waals surface area contributed by atoms with Gasteiger partial charge in [0.05, 0.1) is 11.8 Å². The fourth-order valence-electron chi connectivity index (χ4n) is 2.40. The third-order valence-electron chi connectivity index (χ3n) is 3.70. The summed E-state index contributed by atoms with van der Waals surface area (Å²) in [6, 6.07) is 1.13. The Morgan fingerprint density at radius 1 is 1.38 bits per heavy atom. The van der Waals surface area contributed by atoms with E-state index in [0.29, 0.717) is 13.1 Å². The summed E-state index contributed by atoms with van der Waals surface area (Å²) in [6.07, 6.45) is 0.991. The van der Waals surface area contributed by atoms with Gasteiger partial charge in [-0.3, -0.25) is 0 Å². The number of nitrogens with one attached hydrogen (secondary N) is 1. The lowest BCUT2D eigenvalue weighted by Crippen LogP contribution is -2.44. The summed E-state index contributed by atoms with van der Waals surface area (Å²) < 4.78 is 39.4. The average molecular weight is 302 g/mol. The Bertz CT molecular complexity index is 537. The quantitative estimate of drug-likeness (QED) is 0.825. The first kappa shape index (κ1) is 15.6. The van der Waals surface area contributed by atoms with Gasteiger partial charge in [0, 0.05) is 19.0 Å². The van der Waals surface area contributed by atoms with Gasteiger partial charge in [-0.05, 0) is 31.9 Å². The standard InChI is InChI=1S/C14H17F3N2O2/c1-8(20)9-3-2-6-19(7-9)14(21)18-11-5-4-10(15)12(16)13(11)17/h4-5,8-9,20H,2-3,6-7H2,1H3,(H,18,21). The predicted molar refractivity (Wildman–Crippen MR) is 71.3 cm³/mol. The number of carbonyl (C=O) groups excluding carboxylic acids is 1. The number of nitrogens with zero attached hydrogens (tertiary/aromatic N) is 1. The first-order chi connectivity index (χ1) is 9.90. The van der Waals surface area contributed by atoms with Crippen molar-refractivity contribution < 1.29 is 23.1 Å². The van der Waals surface area contributed by atoms with Gasteiger partial charge in [-0.2, -0.15) is 0 Å². The Morgan fingerprint density at radius 3 is 2.76 bits per heavy atom. The Morgan fingerprint density at radius 2 is 2.10 bits per heavy atom. The van der Waals surface area contributed by atoms with Gasteiger partial charge in [-0.1, -0.05) is 0 Å². The molecule has 0 saturated carbocycles. The van der Waals surface area contributed by atoms with Gasteiger partial charge in [-0.15, -0.1) is 0 Å². The Hall–Kier alpha value is -1.76. The maximum atomic E-state index is 13.5. The zero-order valence-electron chi connectivity index (χ0n) is 11.6. The second kappa shape index (κ2) is 6.34. The van der Waals surface area contributed by atoms with E-state index >= 15 is 0 Å². The number of likely N-dealkylation sites (tertiary alicyclic amines) is 1. The monoisotopic (exact) mass is 302 g/mol. The highest BCUT2D eigenvalue weighted by atomic mass is 19.2. The number of urea groups is 1. The number of halogens is 3. The highest BCUT2D eigenvalue weighted by Gasteiger charge is 2.27. The van der Waals surface area contributed by atoms with E-state index in [-0.39, 0.29) is 5.92 Å². The number of amides is 2. The van der Waals surface area contributed by atoms with E-state index in [9.17, 15) is 23.1 Å². The number of piperidine rings is 1. The molecule has 4 nitrogen and oxygen atoms in total. The lowest BCUT2D eigenvalue weighted by atomic mass is 9.94. The summed E-state index contributed by atoms with van der Waals surface area (Å²) in [6.45, 7) is 2.47. The molecule has 21 heavy (non-hydrogen) atoms. The zero-order chi connectivity index (χ0) is 15.6. The lowest BCUT2D eigenvalue weighted by molar-refractivity contribution is 0.0766. The first-order valence-electron chi connectivity index (χ1n) is 6.77. The number of hydrogen-bond donors (Lipinski definition) is 2. The Labute approximate surface area is 120 Å². The normalized spacial score (nSPS) is 20.2. The number of carbonyl (C=O) groups is 1. The van der Waals surface area contributed by atoms with Crippen LogP contribution in [0.5, 0.6) is 0 Å². The molecule has 2 amide bonds. The first-order valence-corrected chi connectivity index (χ1v) is 6.77. The van der Waals surface area contributed by atoms with Gasteiger partial charge < -0.3 is 15.3 Å². The van der Waals surface area contributed by atoms with Crippen molar-refractivity contribution in [1.29, 1.82) is 0 Å². The van der Waals surface area contributed by atoms with Crippen LogP contribution < -0.4 is 5.32 Å². The molecule has 1 aromatic carbocycles. The maximum absolute atomic E-state index is 13.5. The highest BCUT2D eigenvalue weighted by molar-refractivity contribution is 5.89. The smallest absolute Gasteiger partial charge is 0.321 e. The maximum Gasteiger partial charge on any atom is 0.321 e. The number of aliphatic hydroxyl groups is 1. The van der Waals surface area contributed by atoms with Crippen molar-refractivity contribution in [2.45, 2.75) is 25.9 Å². The second-order valence-electron chi connectivity index (χ2n) is 5.24. The van der Waals surface area contributed by atoms with Crippen LogP contribution in [0.15, 0.2) is 12.1 Å². The fraction of sp³-hybridized carbons (Fsp3) is 0.500. The summed E-state index contributed by atoms with van der Waals surface area (Å²) in [7, 11) is 0. The minimum atomic E-state index is -1.62. The summed E-state index contributed by atoms with van der Waals surface area (Å²) in [5.74, 6) is -4.39. The molecule has 1 aliphatic rings. The van der Waals surface area contributed by atoms with E-state index in [1.165, 1.54) is 4.90 Å². The van der Waals surface area contributed by atoms with Crippen molar-refractivity contribution in [3.05, 3.63) is 29.6 Å². The molecule has 0 radical (unpaired) electrons. The molecule has 0 bridgehead atoms. The van der Waals surface area contributed by atoms with Crippen LogP contribution in [0.4, 0.5) is 23.7 Å². The van der Waals surface area contributed by atoms with Crippen molar-refractivity contribution in [2.75, 3.05) is 18.4 Å². The van der Waals surface area contributed by atoms with Crippen LogP contribution in [0.3, 0.4) is 0 Å². The van der Waals surface area contributed by atoms with Gasteiger partial charge in [0.2, 0.25) is 0 Å². The molecule has 0 aliphatic carbocycles. The van der Waals surface area contributed by atoms with Gasteiger partial charge >= 0.3 is 6.03 Å². The molecule has 2 N–H and O–H groups in total. The van der Waals surface area contributed by atoms with Gasteiger partial charge in [0.15, 0.2) is 17.5 Å². The molecule has 2 atom stereocenters. The minimum absolute atomic E-state index is 0.0423. The van der Waals surface area contributed by atoms with Crippen LogP contribution in [0.25, 0.3) is 0 Å². The number of anilines is 1. The molecule has 2 rings (SSSR count). The van der Waals surface area contributed by atoms with Crippen LogP contribution >= 0.6 is 0 Å². The SMILES string of the molecule is CC(O)C1CCCN(C(=O)Nc2ccc(F)c(F)c2F)C1. The highest BCUT2D eigenvalue weighted by Crippen LogP contribution is 2.23. The molecular formula is C14H17F3N2O2. The Kier molecular flexibility index (Phi) is 4.72. The van der Waals surface area contributed by atoms with Crippen LogP contribution in [0.1, 0.15) is 19.8 Å². The third-order valence-corrected chi connectivity index (χ3v) is 3.70. The van der Waals surface area contributed by atoms with Crippen molar-refractivity contribution in [3.8, 4) is 0 Å². The van der Waals surface area contributed by atoms with E-state index in [1.807, 2.05) is 0 Å². The van der Waals surface area contributed by atoms with E-state index < -0.39 is 35.3 Å². The molecule has 116 valence electrons. The topological polar surface area (TPSA) is 52.6 Å². The third kappa shape index (κ3) is 3.47. The van der Waals surface area contributed by atoms with Crippen LogP contribution in [0.2, 0.25) is 0 Å². The summed E-state index contributed by atoms with van der Waals surface area (Å²) in [5.41, 5.74) is -0.405. The molecule has 1 aliphatic heterocycles. The molecule has 1 heterocycles. The number of hydrogen-bond acceptors (Lipinski definition) is 2. The van der Waals surface area contributed by atoms with Crippen molar-refractivity contribution in [1.82, 2.24) is 4.90 Å². The molecule has 2 unspecified atom stereocenters. The van der Waals surface area contributed by atoms with Gasteiger partial charge in [0.1, 0.15) is 0 Å². The molecule has 1 fully saturated rings. The van der Waals surface area contributed by atoms with E-state index in [2.05, 4.69) is 5.32 Å². The zero-order valence-corrected chi connectivity index (χ0v) is 11.6. The largest absolute Gasteiger partial charge is 0.393 e. The van der Waals surface area contributed by atoms with Crippen LogP contribution in [0, 0.1) is 23.4 Å². The molecule has 1 saturated heterocycles. The summed E-state index contributed by atoms with van der Waals surface area (Å²) in [4.78, 5) is 13.5. The molecule has 0 aromatic heterocycles. The van der Waals surface area contributed by atoms with Crippen molar-refractivity contribution >= 4 is 11.7 Å². The molecule has 7 heteroatoms. The summed E-state index contributed by atoms with van der Waals surface area (Å²) >= 11 is 0. The number of aliphatic hydroxyl groups excluding tert-OH is 1.